The molecule has 0 aromatic heterocycles. The minimum absolute atomic E-state index is 0.123. The maximum absolute atomic E-state index is 13.2. The van der Waals surface area contributed by atoms with Crippen LogP contribution in [0.3, 0.4) is 0 Å². The van der Waals surface area contributed by atoms with Crippen LogP contribution in [0.4, 0.5) is 0 Å². The average Bonchev–Trinajstić information content (AvgIpc) is 2.71. The second kappa shape index (κ2) is 11.8. The average molecular weight is 435 g/mol. The van der Waals surface area contributed by atoms with Crippen LogP contribution >= 0.6 is 23.2 Å². The van der Waals surface area contributed by atoms with E-state index in [1.165, 1.54) is 0 Å². The normalized spacial score (nSPS) is 11.7. The van der Waals surface area contributed by atoms with Gasteiger partial charge in [-0.3, -0.25) is 9.59 Å². The van der Waals surface area contributed by atoms with E-state index in [1.807, 2.05) is 37.3 Å². The summed E-state index contributed by atoms with van der Waals surface area (Å²) in [6.07, 6.45) is 2.58. The van der Waals surface area contributed by atoms with E-state index >= 15 is 0 Å². The first-order valence-corrected chi connectivity index (χ1v) is 10.8. The quantitative estimate of drug-likeness (QED) is 0.518. The van der Waals surface area contributed by atoms with E-state index in [-0.39, 0.29) is 18.2 Å². The van der Waals surface area contributed by atoms with Gasteiger partial charge in [0.2, 0.25) is 11.8 Å². The lowest BCUT2D eigenvalue weighted by Crippen LogP contribution is -2.49. The van der Waals surface area contributed by atoms with Crippen molar-refractivity contribution in [2.24, 2.45) is 0 Å². The minimum atomic E-state index is -0.544. The number of carbonyl (C=O) groups is 2. The highest BCUT2D eigenvalue weighted by Gasteiger charge is 2.28. The van der Waals surface area contributed by atoms with Crippen LogP contribution in [0.25, 0.3) is 0 Å². The molecule has 0 aliphatic heterocycles. The molecule has 0 aliphatic rings. The van der Waals surface area contributed by atoms with E-state index in [1.54, 1.807) is 23.1 Å². The van der Waals surface area contributed by atoms with Crippen LogP contribution in [0.1, 0.15) is 44.2 Å². The fourth-order valence-electron chi connectivity index (χ4n) is 3.12. The molecule has 2 aromatic rings. The van der Waals surface area contributed by atoms with Crippen molar-refractivity contribution in [2.45, 2.75) is 52.1 Å². The summed E-state index contributed by atoms with van der Waals surface area (Å²) in [7, 11) is 0. The summed E-state index contributed by atoms with van der Waals surface area (Å²) in [5.41, 5.74) is 1.67. The molecule has 0 heterocycles. The molecule has 2 rings (SSSR count). The molecule has 29 heavy (non-hydrogen) atoms. The Labute approximate surface area is 183 Å². The molecule has 0 spiro atoms. The highest BCUT2D eigenvalue weighted by molar-refractivity contribution is 6.31. The van der Waals surface area contributed by atoms with Crippen molar-refractivity contribution in [2.75, 3.05) is 6.54 Å². The van der Waals surface area contributed by atoms with Gasteiger partial charge in [0.25, 0.3) is 0 Å². The number of halogens is 2. The third-order valence-corrected chi connectivity index (χ3v) is 5.40. The lowest BCUT2D eigenvalue weighted by molar-refractivity contribution is -0.140. The standard InChI is InChI=1S/C23H28Cl2N2O2/c1-3-5-14-26-23(29)21(4-2)27(16-17-10-12-19(24)13-11-17)22(28)15-18-8-6-7-9-20(18)25/h6-13,21H,3-5,14-16H2,1-2H3,(H,26,29)/t21-/m1/s1. The molecule has 0 radical (unpaired) electrons. The molecule has 4 nitrogen and oxygen atoms in total. The molecule has 0 aliphatic carbocycles. The number of nitrogens with one attached hydrogen (secondary N) is 1. The number of nitrogens with zero attached hydrogens (tertiary/aromatic N) is 1. The second-order valence-electron chi connectivity index (χ2n) is 6.98. The molecule has 6 heteroatoms. The van der Waals surface area contributed by atoms with E-state index in [2.05, 4.69) is 12.2 Å². The summed E-state index contributed by atoms with van der Waals surface area (Å²) in [4.78, 5) is 27.7. The van der Waals surface area contributed by atoms with Gasteiger partial charge < -0.3 is 10.2 Å². The maximum atomic E-state index is 13.2. The first-order chi connectivity index (χ1) is 14.0. The first kappa shape index (κ1) is 23.2. The smallest absolute Gasteiger partial charge is 0.242 e. The van der Waals surface area contributed by atoms with Crippen molar-refractivity contribution in [3.05, 3.63) is 69.7 Å². The number of hydrogen-bond donors (Lipinski definition) is 1. The van der Waals surface area contributed by atoms with Crippen LogP contribution in [0.2, 0.25) is 10.0 Å². The largest absolute Gasteiger partial charge is 0.354 e. The fourth-order valence-corrected chi connectivity index (χ4v) is 3.45. The zero-order valence-electron chi connectivity index (χ0n) is 17.0. The van der Waals surface area contributed by atoms with E-state index in [9.17, 15) is 9.59 Å². The Hall–Kier alpha value is -2.04. The Bertz CT molecular complexity index is 809. The van der Waals surface area contributed by atoms with E-state index in [0.717, 1.165) is 24.0 Å². The van der Waals surface area contributed by atoms with Crippen LogP contribution in [0.15, 0.2) is 48.5 Å². The van der Waals surface area contributed by atoms with Crippen molar-refractivity contribution >= 4 is 35.0 Å². The number of hydrogen-bond acceptors (Lipinski definition) is 2. The monoisotopic (exact) mass is 434 g/mol. The van der Waals surface area contributed by atoms with Crippen molar-refractivity contribution in [3.63, 3.8) is 0 Å². The number of rotatable bonds is 10. The maximum Gasteiger partial charge on any atom is 0.242 e. The summed E-state index contributed by atoms with van der Waals surface area (Å²) in [5, 5.41) is 4.14. The van der Waals surface area contributed by atoms with Gasteiger partial charge in [-0.15, -0.1) is 0 Å². The number of amides is 2. The Kier molecular flexibility index (Phi) is 9.49. The van der Waals surface area contributed by atoms with Gasteiger partial charge in [0.05, 0.1) is 6.42 Å². The molecular formula is C23H28Cl2N2O2. The molecule has 0 saturated carbocycles. The molecule has 0 bridgehead atoms. The lowest BCUT2D eigenvalue weighted by Gasteiger charge is -2.31. The lowest BCUT2D eigenvalue weighted by atomic mass is 10.1. The summed E-state index contributed by atoms with van der Waals surface area (Å²) in [6.45, 7) is 4.94. The van der Waals surface area contributed by atoms with Crippen LogP contribution in [0.5, 0.6) is 0 Å². The van der Waals surface area contributed by atoms with Gasteiger partial charge in [-0.2, -0.15) is 0 Å². The van der Waals surface area contributed by atoms with E-state index < -0.39 is 6.04 Å². The summed E-state index contributed by atoms with van der Waals surface area (Å²) in [5.74, 6) is -0.257. The second-order valence-corrected chi connectivity index (χ2v) is 7.83. The van der Waals surface area contributed by atoms with Crippen molar-refractivity contribution < 1.29 is 9.59 Å². The summed E-state index contributed by atoms with van der Waals surface area (Å²) in [6, 6.07) is 14.1. The zero-order valence-corrected chi connectivity index (χ0v) is 18.5. The van der Waals surface area contributed by atoms with Crippen molar-refractivity contribution in [3.8, 4) is 0 Å². The molecule has 1 atom stereocenters. The number of benzene rings is 2. The number of carbonyl (C=O) groups excluding carboxylic acids is 2. The van der Waals surface area contributed by atoms with Gasteiger partial charge in [-0.1, -0.05) is 73.8 Å². The Morgan fingerprint density at radius 2 is 1.72 bits per heavy atom. The van der Waals surface area contributed by atoms with Crippen molar-refractivity contribution in [1.82, 2.24) is 10.2 Å². The Morgan fingerprint density at radius 3 is 2.34 bits per heavy atom. The highest BCUT2D eigenvalue weighted by atomic mass is 35.5. The SMILES string of the molecule is CCCCNC(=O)[C@@H](CC)N(Cc1ccc(Cl)cc1)C(=O)Cc1ccccc1Cl. The molecule has 0 unspecified atom stereocenters. The summed E-state index contributed by atoms with van der Waals surface area (Å²) < 4.78 is 0. The van der Waals surface area contributed by atoms with Crippen LogP contribution in [-0.4, -0.2) is 29.3 Å². The third kappa shape index (κ3) is 7.06. The Morgan fingerprint density at radius 1 is 1.03 bits per heavy atom. The zero-order chi connectivity index (χ0) is 21.2. The molecule has 0 saturated heterocycles. The predicted octanol–water partition coefficient (Wildman–Crippen LogP) is 5.26. The van der Waals surface area contributed by atoms with Gasteiger partial charge in [0.1, 0.15) is 6.04 Å². The fraction of sp³-hybridized carbons (Fsp3) is 0.391. The minimum Gasteiger partial charge on any atom is -0.354 e. The van der Waals surface area contributed by atoms with Gasteiger partial charge in [-0.25, -0.2) is 0 Å². The predicted molar refractivity (Wildman–Crippen MR) is 119 cm³/mol. The van der Waals surface area contributed by atoms with E-state index in [4.69, 9.17) is 23.2 Å². The van der Waals surface area contributed by atoms with Crippen LogP contribution in [0, 0.1) is 0 Å². The van der Waals surface area contributed by atoms with Gasteiger partial charge in [0, 0.05) is 23.1 Å². The molecule has 0 fully saturated rings. The Balaban J connectivity index is 2.25. The topological polar surface area (TPSA) is 49.4 Å². The van der Waals surface area contributed by atoms with Gasteiger partial charge in [-0.05, 0) is 42.2 Å². The molecule has 156 valence electrons. The molecule has 1 N–H and O–H groups in total. The van der Waals surface area contributed by atoms with Gasteiger partial charge >= 0.3 is 0 Å². The molecular weight excluding hydrogens is 407 g/mol. The molecule has 2 amide bonds. The van der Waals surface area contributed by atoms with Gasteiger partial charge in [0.15, 0.2) is 0 Å². The molecule has 2 aromatic carbocycles. The van der Waals surface area contributed by atoms with Crippen LogP contribution < -0.4 is 5.32 Å². The highest BCUT2D eigenvalue weighted by Crippen LogP contribution is 2.20. The summed E-state index contributed by atoms with van der Waals surface area (Å²) >= 11 is 12.2. The first-order valence-electron chi connectivity index (χ1n) is 10.0. The van der Waals surface area contributed by atoms with Crippen molar-refractivity contribution in [1.29, 1.82) is 0 Å². The number of unbranched alkanes of at least 4 members (excludes halogenated alkanes) is 1. The third-order valence-electron chi connectivity index (χ3n) is 4.78. The van der Waals surface area contributed by atoms with Crippen LogP contribution in [-0.2, 0) is 22.6 Å². The van der Waals surface area contributed by atoms with E-state index in [0.29, 0.717) is 29.6 Å².